The van der Waals surface area contributed by atoms with Gasteiger partial charge in [-0.05, 0) is 72.7 Å². The van der Waals surface area contributed by atoms with Crippen molar-refractivity contribution in [3.05, 3.63) is 70.3 Å². The van der Waals surface area contributed by atoms with E-state index in [2.05, 4.69) is 25.7 Å². The molecule has 2 N–H and O–H groups in total. The molecule has 0 saturated heterocycles. The zero-order chi connectivity index (χ0) is 21.9. The lowest BCUT2D eigenvalue weighted by Gasteiger charge is -2.42. The van der Waals surface area contributed by atoms with Crippen LogP contribution in [0.2, 0.25) is 0 Å². The Morgan fingerprint density at radius 3 is 2.27 bits per heavy atom. The van der Waals surface area contributed by atoms with Gasteiger partial charge < -0.3 is 14.9 Å². The van der Waals surface area contributed by atoms with Gasteiger partial charge in [0.2, 0.25) is 0 Å². The number of benzene rings is 2. The molecule has 30 heavy (non-hydrogen) atoms. The molecular formula is C25H26O5. The Kier molecular flexibility index (Phi) is 6.00. The van der Waals surface area contributed by atoms with Crippen LogP contribution in [0.3, 0.4) is 0 Å². The van der Waals surface area contributed by atoms with Crippen molar-refractivity contribution >= 4 is 11.9 Å². The summed E-state index contributed by atoms with van der Waals surface area (Å²) in [6.07, 6.45) is 1.15. The summed E-state index contributed by atoms with van der Waals surface area (Å²) in [4.78, 5) is 23.1. The summed E-state index contributed by atoms with van der Waals surface area (Å²) in [5.41, 5.74) is 1.96. The van der Waals surface area contributed by atoms with Crippen LogP contribution in [0, 0.1) is 11.8 Å². The van der Waals surface area contributed by atoms with Crippen LogP contribution in [0.5, 0.6) is 0 Å². The molecule has 156 valence electrons. The van der Waals surface area contributed by atoms with E-state index in [0.29, 0.717) is 12.0 Å². The predicted molar refractivity (Wildman–Crippen MR) is 113 cm³/mol. The Hall–Kier alpha value is -3.10. The van der Waals surface area contributed by atoms with Gasteiger partial charge in [0, 0.05) is 11.1 Å². The highest BCUT2D eigenvalue weighted by Gasteiger charge is 2.43. The molecule has 0 radical (unpaired) electrons. The minimum absolute atomic E-state index is 0.0859. The predicted octanol–water partition coefficient (Wildman–Crippen LogP) is 4.00. The van der Waals surface area contributed by atoms with E-state index in [-0.39, 0.29) is 24.0 Å². The van der Waals surface area contributed by atoms with E-state index in [0.717, 1.165) is 23.1 Å². The van der Waals surface area contributed by atoms with Crippen LogP contribution in [-0.4, -0.2) is 28.8 Å². The van der Waals surface area contributed by atoms with Crippen LogP contribution in [0.4, 0.5) is 0 Å². The number of esters is 1. The average molecular weight is 406 g/mol. The van der Waals surface area contributed by atoms with Gasteiger partial charge in [-0.3, -0.25) is 4.79 Å². The van der Waals surface area contributed by atoms with E-state index < -0.39 is 17.5 Å². The van der Waals surface area contributed by atoms with E-state index in [1.54, 1.807) is 19.1 Å². The van der Waals surface area contributed by atoms with E-state index >= 15 is 0 Å². The summed E-state index contributed by atoms with van der Waals surface area (Å²) < 4.78 is 5.07. The molecule has 1 atom stereocenters. The van der Waals surface area contributed by atoms with E-state index in [9.17, 15) is 14.7 Å². The molecule has 5 nitrogen and oxygen atoms in total. The normalized spacial score (nSPS) is 19.2. The summed E-state index contributed by atoms with van der Waals surface area (Å²) >= 11 is 0. The molecule has 5 heteroatoms. The Bertz CT molecular complexity index is 1020. The largest absolute Gasteiger partial charge is 0.478 e. The molecule has 0 amide bonds. The van der Waals surface area contributed by atoms with Crippen LogP contribution in [0.15, 0.2) is 42.5 Å². The number of hydrogen-bond acceptors (Lipinski definition) is 4. The number of fused-ring (bicyclic) bond motifs is 1. The van der Waals surface area contributed by atoms with Crippen molar-refractivity contribution in [2.45, 2.75) is 51.0 Å². The minimum Gasteiger partial charge on any atom is -0.478 e. The lowest BCUT2D eigenvalue weighted by atomic mass is 9.65. The number of rotatable bonds is 4. The van der Waals surface area contributed by atoms with Gasteiger partial charge in [-0.15, -0.1) is 0 Å². The first kappa shape index (κ1) is 21.6. The Balaban J connectivity index is 1.96. The second kappa shape index (κ2) is 8.33. The van der Waals surface area contributed by atoms with Crippen molar-refractivity contribution in [2.24, 2.45) is 0 Å². The van der Waals surface area contributed by atoms with Gasteiger partial charge in [-0.2, -0.15) is 0 Å². The van der Waals surface area contributed by atoms with Crippen LogP contribution in [0.25, 0.3) is 0 Å². The van der Waals surface area contributed by atoms with Crippen molar-refractivity contribution in [1.29, 1.82) is 0 Å². The number of aliphatic hydroxyl groups is 1. The fourth-order valence-electron chi connectivity index (χ4n) is 3.86. The van der Waals surface area contributed by atoms with Gasteiger partial charge in [0.25, 0.3) is 0 Å². The first-order valence-electron chi connectivity index (χ1n) is 10.0. The summed E-state index contributed by atoms with van der Waals surface area (Å²) in [6, 6.07) is 12.1. The summed E-state index contributed by atoms with van der Waals surface area (Å²) in [7, 11) is 0. The van der Waals surface area contributed by atoms with Crippen molar-refractivity contribution < 1.29 is 24.5 Å². The molecule has 0 bridgehead atoms. The smallest absolute Gasteiger partial charge is 0.335 e. The molecule has 2 aromatic carbocycles. The fourth-order valence-corrected chi connectivity index (χ4v) is 3.86. The molecule has 1 aliphatic rings. The molecule has 0 aliphatic heterocycles. The molecule has 0 fully saturated rings. The monoisotopic (exact) mass is 406 g/mol. The van der Waals surface area contributed by atoms with Gasteiger partial charge in [0.15, 0.2) is 0 Å². The third kappa shape index (κ3) is 4.55. The third-order valence-electron chi connectivity index (χ3n) is 5.64. The fraction of sp³-hybridized carbons (Fsp3) is 0.360. The molecule has 1 aliphatic carbocycles. The van der Waals surface area contributed by atoms with Gasteiger partial charge in [-0.1, -0.05) is 31.8 Å². The Morgan fingerprint density at radius 2 is 1.63 bits per heavy atom. The van der Waals surface area contributed by atoms with Crippen LogP contribution in [-0.2, 0) is 20.5 Å². The maximum atomic E-state index is 12.1. The van der Waals surface area contributed by atoms with Crippen molar-refractivity contribution in [2.75, 3.05) is 6.61 Å². The number of carboxylic acid groups (broad SMARTS) is 1. The Morgan fingerprint density at radius 1 is 1.00 bits per heavy atom. The Labute approximate surface area is 176 Å². The first-order valence-corrected chi connectivity index (χ1v) is 10.0. The maximum absolute atomic E-state index is 12.1. The second-order valence-electron chi connectivity index (χ2n) is 8.29. The molecule has 2 aromatic rings. The van der Waals surface area contributed by atoms with E-state index in [1.807, 2.05) is 18.2 Å². The number of hydrogen-bond donors (Lipinski definition) is 2. The SMILES string of the molecule is CCOC(=O)CC1(O)CCC(C)(C)c2ccc(C#Cc3ccc(C(=O)O)cc3)cc21. The quantitative estimate of drug-likeness (QED) is 0.592. The minimum atomic E-state index is -1.28. The standard InChI is InChI=1S/C25H26O5/c1-4-30-22(26)16-25(29)14-13-24(2,3)20-12-9-18(15-21(20)25)6-5-17-7-10-19(11-8-17)23(27)28/h7-12,15,29H,4,13-14,16H2,1-3H3,(H,27,28). The summed E-state index contributed by atoms with van der Waals surface area (Å²) in [5.74, 6) is 4.71. The van der Waals surface area contributed by atoms with Gasteiger partial charge in [0.05, 0.1) is 18.6 Å². The molecule has 0 aromatic heterocycles. The van der Waals surface area contributed by atoms with Crippen LogP contribution >= 0.6 is 0 Å². The second-order valence-corrected chi connectivity index (χ2v) is 8.29. The average Bonchev–Trinajstić information content (AvgIpc) is 2.70. The number of carboxylic acids is 1. The van der Waals surface area contributed by atoms with Gasteiger partial charge >= 0.3 is 11.9 Å². The van der Waals surface area contributed by atoms with E-state index in [4.69, 9.17) is 9.84 Å². The topological polar surface area (TPSA) is 83.8 Å². The lowest BCUT2D eigenvalue weighted by molar-refractivity contribution is -0.150. The summed E-state index contributed by atoms with van der Waals surface area (Å²) in [6.45, 7) is 6.28. The molecule has 1 unspecified atom stereocenters. The van der Waals surface area contributed by atoms with Crippen molar-refractivity contribution in [3.8, 4) is 11.8 Å². The highest BCUT2D eigenvalue weighted by atomic mass is 16.5. The third-order valence-corrected chi connectivity index (χ3v) is 5.64. The first-order chi connectivity index (χ1) is 14.1. The number of carbonyl (C=O) groups excluding carboxylic acids is 1. The van der Waals surface area contributed by atoms with Gasteiger partial charge in [0.1, 0.15) is 5.60 Å². The zero-order valence-electron chi connectivity index (χ0n) is 17.5. The van der Waals surface area contributed by atoms with Crippen molar-refractivity contribution in [3.63, 3.8) is 0 Å². The number of aromatic carboxylic acids is 1. The van der Waals surface area contributed by atoms with Gasteiger partial charge in [-0.25, -0.2) is 4.79 Å². The van der Waals surface area contributed by atoms with Crippen LogP contribution in [0.1, 0.15) is 72.6 Å². The zero-order valence-corrected chi connectivity index (χ0v) is 17.5. The number of ether oxygens (including phenoxy) is 1. The molecular weight excluding hydrogens is 380 g/mol. The molecule has 0 saturated carbocycles. The highest BCUT2D eigenvalue weighted by Crippen LogP contribution is 2.46. The highest BCUT2D eigenvalue weighted by molar-refractivity contribution is 5.87. The van der Waals surface area contributed by atoms with E-state index in [1.165, 1.54) is 12.1 Å². The molecule has 0 heterocycles. The maximum Gasteiger partial charge on any atom is 0.335 e. The molecule has 3 rings (SSSR count). The summed E-state index contributed by atoms with van der Waals surface area (Å²) in [5, 5.41) is 20.3. The van der Waals surface area contributed by atoms with Crippen molar-refractivity contribution in [1.82, 2.24) is 0 Å². The number of carbonyl (C=O) groups is 2. The lowest BCUT2D eigenvalue weighted by Crippen LogP contribution is -2.39. The van der Waals surface area contributed by atoms with Crippen LogP contribution < -0.4 is 0 Å². The molecule has 0 spiro atoms.